The maximum Gasteiger partial charge on any atom is 0.407 e. The van der Waals surface area contributed by atoms with Gasteiger partial charge in [-0.05, 0) is 57.4 Å². The monoisotopic (exact) mass is 419 g/mol. The van der Waals surface area contributed by atoms with Gasteiger partial charge in [0.25, 0.3) is 0 Å². The van der Waals surface area contributed by atoms with E-state index in [0.717, 1.165) is 36.5 Å². The number of alkyl carbamates (subject to hydrolysis) is 1. The number of aromatic amines is 1. The molecule has 1 aromatic carbocycles. The Morgan fingerprint density at radius 2 is 2.00 bits per heavy atom. The average Bonchev–Trinajstić information content (AvgIpc) is 3.24. The highest BCUT2D eigenvalue weighted by molar-refractivity contribution is 7.92. The van der Waals surface area contributed by atoms with E-state index in [0.29, 0.717) is 11.6 Å². The Balaban J connectivity index is 1.56. The first-order valence-electron chi connectivity index (χ1n) is 9.74. The number of hydrogen-bond donors (Lipinski definition) is 3. The molecular weight excluding hydrogens is 390 g/mol. The zero-order chi connectivity index (χ0) is 21.0. The second kappa shape index (κ2) is 8.86. The van der Waals surface area contributed by atoms with E-state index in [1.165, 1.54) is 0 Å². The molecule has 0 bridgehead atoms. The topological polar surface area (TPSA) is 108 Å². The largest absolute Gasteiger partial charge is 0.446 e. The molecule has 1 heterocycles. The van der Waals surface area contributed by atoms with Crippen molar-refractivity contribution in [3.8, 4) is 0 Å². The summed E-state index contributed by atoms with van der Waals surface area (Å²) in [6, 6.07) is 9.46. The van der Waals surface area contributed by atoms with Crippen molar-refractivity contribution in [2.24, 2.45) is 4.36 Å². The van der Waals surface area contributed by atoms with Gasteiger partial charge < -0.3 is 15.4 Å². The second-order valence-corrected chi connectivity index (χ2v) is 10.5. The van der Waals surface area contributed by atoms with Gasteiger partial charge in [-0.2, -0.15) is 9.46 Å². The molecular formula is C20H29N5O3S. The minimum atomic E-state index is -2.17. The number of nitrogens with zero attached hydrogens (tertiary/aromatic N) is 2. The molecule has 0 unspecified atom stereocenters. The highest BCUT2D eigenvalue weighted by atomic mass is 32.2. The molecule has 9 heteroatoms. The molecule has 1 aliphatic rings. The first-order chi connectivity index (χ1) is 13.7. The number of ether oxygens (including phenoxy) is 1. The fourth-order valence-corrected chi connectivity index (χ4v) is 4.00. The van der Waals surface area contributed by atoms with Crippen LogP contribution >= 0.6 is 0 Å². The predicted molar refractivity (Wildman–Crippen MR) is 116 cm³/mol. The van der Waals surface area contributed by atoms with Crippen LogP contribution in [0.4, 0.5) is 22.0 Å². The number of anilines is 2. The lowest BCUT2D eigenvalue weighted by Gasteiger charge is -2.14. The predicted octanol–water partition coefficient (Wildman–Crippen LogP) is 4.28. The minimum absolute atomic E-state index is 0.0664. The van der Waals surface area contributed by atoms with Crippen LogP contribution in [0.3, 0.4) is 0 Å². The number of amides is 1. The quantitative estimate of drug-likeness (QED) is 0.647. The van der Waals surface area contributed by atoms with Crippen LogP contribution in [0.15, 0.2) is 34.7 Å². The Morgan fingerprint density at radius 1 is 1.28 bits per heavy atom. The minimum Gasteiger partial charge on any atom is -0.446 e. The summed E-state index contributed by atoms with van der Waals surface area (Å²) in [7, 11) is -2.17. The summed E-state index contributed by atoms with van der Waals surface area (Å²) in [4.78, 5) is 11.8. The fraction of sp³-hybridized carbons (Fsp3) is 0.500. The van der Waals surface area contributed by atoms with Crippen molar-refractivity contribution in [2.45, 2.75) is 51.2 Å². The summed E-state index contributed by atoms with van der Waals surface area (Å²) in [5, 5.41) is 13.4. The molecule has 3 N–H and O–H groups in total. The van der Waals surface area contributed by atoms with Crippen molar-refractivity contribution in [1.82, 2.24) is 15.5 Å². The highest BCUT2D eigenvalue weighted by Crippen LogP contribution is 2.36. The van der Waals surface area contributed by atoms with Gasteiger partial charge in [-0.15, -0.1) is 0 Å². The van der Waals surface area contributed by atoms with Crippen LogP contribution < -0.4 is 10.6 Å². The first-order valence-corrected chi connectivity index (χ1v) is 12.1. The summed E-state index contributed by atoms with van der Waals surface area (Å²) in [6.07, 6.45) is 5.39. The van der Waals surface area contributed by atoms with Crippen LogP contribution in [0.5, 0.6) is 0 Å². The Labute approximate surface area is 172 Å². The van der Waals surface area contributed by atoms with E-state index in [9.17, 15) is 9.00 Å². The van der Waals surface area contributed by atoms with Crippen molar-refractivity contribution in [1.29, 1.82) is 0 Å². The fourth-order valence-electron chi connectivity index (χ4n) is 3.37. The molecule has 3 rings (SSSR count). The molecule has 29 heavy (non-hydrogen) atoms. The molecule has 2 aromatic rings. The third kappa shape index (κ3) is 6.49. The highest BCUT2D eigenvalue weighted by Gasteiger charge is 2.30. The van der Waals surface area contributed by atoms with Gasteiger partial charge in [0.2, 0.25) is 0 Å². The van der Waals surface area contributed by atoms with Gasteiger partial charge in [-0.3, -0.25) is 5.10 Å². The number of carbonyl (C=O) groups is 1. The lowest BCUT2D eigenvalue weighted by Crippen LogP contribution is -2.33. The first kappa shape index (κ1) is 21.2. The van der Waals surface area contributed by atoms with Crippen molar-refractivity contribution in [3.05, 3.63) is 36.0 Å². The molecule has 2 atom stereocenters. The zero-order valence-corrected chi connectivity index (χ0v) is 18.1. The molecule has 1 amide bonds. The lowest BCUT2D eigenvalue weighted by molar-refractivity contribution is 0.0981. The number of H-pyrrole nitrogens is 1. The molecule has 0 spiro atoms. The van der Waals surface area contributed by atoms with E-state index in [2.05, 4.69) is 25.2 Å². The van der Waals surface area contributed by atoms with Crippen molar-refractivity contribution < 1.29 is 13.7 Å². The van der Waals surface area contributed by atoms with Gasteiger partial charge >= 0.3 is 6.09 Å². The zero-order valence-electron chi connectivity index (χ0n) is 17.3. The van der Waals surface area contributed by atoms with Crippen LogP contribution in [-0.4, -0.2) is 45.2 Å². The standard InChI is InChI=1S/C20H29N5O3S/c1-13(2)21-20(26)28-17-10-5-14(11-17)18-12-19(24-23-18)22-15-6-8-16(9-7-15)25-29(3,4)27/h6-9,12-14,17H,5,10-11H2,1-4H3,(H,21,26)(H2,22,23,24)/t14-,17+/m1/s1. The number of nitrogens with one attached hydrogen (secondary N) is 3. The van der Waals surface area contributed by atoms with Gasteiger partial charge in [0.05, 0.1) is 5.69 Å². The van der Waals surface area contributed by atoms with Gasteiger partial charge in [-0.1, -0.05) is 0 Å². The number of rotatable bonds is 6. The maximum absolute atomic E-state index is 11.8. The smallest absolute Gasteiger partial charge is 0.407 e. The summed E-state index contributed by atoms with van der Waals surface area (Å²) >= 11 is 0. The van der Waals surface area contributed by atoms with Crippen molar-refractivity contribution >= 4 is 33.0 Å². The summed E-state index contributed by atoms with van der Waals surface area (Å²) in [5.74, 6) is 1.01. The third-order valence-electron chi connectivity index (χ3n) is 4.57. The Hall–Kier alpha value is -2.55. The molecule has 158 valence electrons. The molecule has 0 saturated heterocycles. The van der Waals surface area contributed by atoms with Crippen LogP contribution in [-0.2, 0) is 14.5 Å². The Morgan fingerprint density at radius 3 is 2.66 bits per heavy atom. The molecule has 1 saturated carbocycles. The lowest BCUT2D eigenvalue weighted by atomic mass is 10.0. The van der Waals surface area contributed by atoms with Gasteiger partial charge in [0.1, 0.15) is 6.10 Å². The maximum atomic E-state index is 11.8. The summed E-state index contributed by atoms with van der Waals surface area (Å²) < 4.78 is 21.4. The van der Waals surface area contributed by atoms with E-state index < -0.39 is 9.73 Å². The van der Waals surface area contributed by atoms with E-state index in [-0.39, 0.29) is 18.2 Å². The molecule has 1 aliphatic carbocycles. The average molecular weight is 420 g/mol. The molecule has 1 fully saturated rings. The van der Waals surface area contributed by atoms with Crippen LogP contribution in [0, 0.1) is 0 Å². The SMILES string of the molecule is CC(C)NC(=O)O[C@H]1CC[C@@H](c2cc(Nc3ccc(N=S(C)(C)=O)cc3)n[nH]2)C1. The van der Waals surface area contributed by atoms with Gasteiger partial charge in [-0.25, -0.2) is 9.00 Å². The Kier molecular flexibility index (Phi) is 6.46. The second-order valence-electron chi connectivity index (χ2n) is 7.99. The van der Waals surface area contributed by atoms with E-state index in [1.807, 2.05) is 44.2 Å². The molecule has 1 aromatic heterocycles. The normalized spacial score (nSPS) is 19.2. The van der Waals surface area contributed by atoms with Crippen molar-refractivity contribution in [3.63, 3.8) is 0 Å². The molecule has 8 nitrogen and oxygen atoms in total. The number of benzene rings is 1. The Bertz CT molecular complexity index is 953. The number of aromatic nitrogens is 2. The van der Waals surface area contributed by atoms with E-state index in [1.54, 1.807) is 12.5 Å². The third-order valence-corrected chi connectivity index (χ3v) is 5.22. The summed E-state index contributed by atoms with van der Waals surface area (Å²) in [5.41, 5.74) is 2.59. The van der Waals surface area contributed by atoms with Crippen LogP contribution in [0.2, 0.25) is 0 Å². The summed E-state index contributed by atoms with van der Waals surface area (Å²) in [6.45, 7) is 3.82. The van der Waals surface area contributed by atoms with Crippen LogP contribution in [0.1, 0.15) is 44.7 Å². The van der Waals surface area contributed by atoms with Gasteiger partial charge in [0.15, 0.2) is 5.82 Å². The van der Waals surface area contributed by atoms with E-state index in [4.69, 9.17) is 4.74 Å². The number of carbonyl (C=O) groups excluding carboxylic acids is 1. The van der Waals surface area contributed by atoms with Crippen molar-refractivity contribution in [2.75, 3.05) is 17.8 Å². The van der Waals surface area contributed by atoms with E-state index >= 15 is 0 Å². The van der Waals surface area contributed by atoms with Crippen LogP contribution in [0.25, 0.3) is 0 Å². The number of hydrogen-bond acceptors (Lipinski definition) is 6. The van der Waals surface area contributed by atoms with Gasteiger partial charge in [0, 0.05) is 51.6 Å². The molecule has 0 aliphatic heterocycles. The molecule has 0 radical (unpaired) electrons.